The molecule has 2 nitrogen and oxygen atoms in total. The molecule has 0 aliphatic heterocycles. The van der Waals surface area contributed by atoms with Crippen molar-refractivity contribution in [3.8, 4) is 6.07 Å². The van der Waals surface area contributed by atoms with E-state index < -0.39 is 0 Å². The Kier molecular flexibility index (Phi) is 5.86. The Labute approximate surface area is 109 Å². The van der Waals surface area contributed by atoms with Crippen LogP contribution in [0.2, 0.25) is 5.02 Å². The number of benzene rings is 1. The van der Waals surface area contributed by atoms with Crippen molar-refractivity contribution in [2.24, 2.45) is 0 Å². The number of hydrogen-bond donors (Lipinski definition) is 1. The van der Waals surface area contributed by atoms with Crippen LogP contribution in [-0.2, 0) is 0 Å². The van der Waals surface area contributed by atoms with Crippen LogP contribution in [-0.4, -0.2) is 6.04 Å². The first-order chi connectivity index (χ1) is 8.17. The third kappa shape index (κ3) is 4.66. The van der Waals surface area contributed by atoms with Crippen LogP contribution in [0.3, 0.4) is 0 Å². The van der Waals surface area contributed by atoms with Crippen molar-refractivity contribution in [1.82, 2.24) is 0 Å². The number of unbranched alkanes of at least 4 members (excludes halogenated alkanes) is 2. The summed E-state index contributed by atoms with van der Waals surface area (Å²) in [4.78, 5) is 0. The Bertz CT molecular complexity index is 396. The Balaban J connectivity index is 2.54. The van der Waals surface area contributed by atoms with Gasteiger partial charge in [0.05, 0.1) is 22.3 Å². The fourth-order valence-corrected chi connectivity index (χ4v) is 1.97. The number of nitrogens with zero attached hydrogens (tertiary/aromatic N) is 1. The van der Waals surface area contributed by atoms with Crippen LogP contribution >= 0.6 is 11.6 Å². The van der Waals surface area contributed by atoms with Gasteiger partial charge in [-0.3, -0.25) is 0 Å². The minimum atomic E-state index is 0.409. The van der Waals surface area contributed by atoms with E-state index in [0.29, 0.717) is 16.6 Å². The third-order valence-electron chi connectivity index (χ3n) is 2.74. The molecule has 0 heterocycles. The van der Waals surface area contributed by atoms with E-state index in [9.17, 15) is 0 Å². The van der Waals surface area contributed by atoms with Crippen molar-refractivity contribution >= 4 is 17.3 Å². The number of nitrogens with one attached hydrogen (secondary N) is 1. The van der Waals surface area contributed by atoms with E-state index in [1.54, 1.807) is 12.1 Å². The SMILES string of the molecule is CCCCCC(C)Nc1ccc(C#N)cc1Cl. The van der Waals surface area contributed by atoms with Gasteiger partial charge in [0, 0.05) is 6.04 Å². The van der Waals surface area contributed by atoms with Gasteiger partial charge in [-0.15, -0.1) is 0 Å². The van der Waals surface area contributed by atoms with Gasteiger partial charge in [0.25, 0.3) is 0 Å². The lowest BCUT2D eigenvalue weighted by atomic mass is 10.1. The molecule has 1 unspecified atom stereocenters. The lowest BCUT2D eigenvalue weighted by Crippen LogP contribution is -2.15. The lowest BCUT2D eigenvalue weighted by Gasteiger charge is -2.16. The fourth-order valence-electron chi connectivity index (χ4n) is 1.74. The Morgan fingerprint density at radius 1 is 1.41 bits per heavy atom. The molecule has 0 aromatic heterocycles. The highest BCUT2D eigenvalue weighted by Crippen LogP contribution is 2.24. The molecule has 1 aromatic rings. The van der Waals surface area contributed by atoms with Crippen LogP contribution in [0.4, 0.5) is 5.69 Å². The minimum Gasteiger partial charge on any atom is -0.381 e. The molecule has 3 heteroatoms. The first-order valence-electron chi connectivity index (χ1n) is 6.13. The molecule has 0 amide bonds. The number of hydrogen-bond acceptors (Lipinski definition) is 2. The summed E-state index contributed by atoms with van der Waals surface area (Å²) in [5.74, 6) is 0. The molecule has 0 fully saturated rings. The quantitative estimate of drug-likeness (QED) is 0.750. The van der Waals surface area contributed by atoms with Gasteiger partial charge in [-0.05, 0) is 31.5 Å². The molecule has 0 spiro atoms. The standard InChI is InChI=1S/C14H19ClN2/c1-3-4-5-6-11(2)17-14-8-7-12(10-16)9-13(14)15/h7-9,11,17H,3-6H2,1-2H3. The zero-order chi connectivity index (χ0) is 12.7. The van der Waals surface area contributed by atoms with Crippen LogP contribution < -0.4 is 5.32 Å². The maximum absolute atomic E-state index is 8.75. The van der Waals surface area contributed by atoms with Crippen molar-refractivity contribution in [3.63, 3.8) is 0 Å². The highest BCUT2D eigenvalue weighted by atomic mass is 35.5. The van der Waals surface area contributed by atoms with E-state index in [2.05, 4.69) is 25.2 Å². The average Bonchev–Trinajstić information content (AvgIpc) is 2.32. The third-order valence-corrected chi connectivity index (χ3v) is 3.05. The maximum atomic E-state index is 8.75. The molecule has 0 aliphatic carbocycles. The normalized spacial score (nSPS) is 11.9. The summed E-state index contributed by atoms with van der Waals surface area (Å²) >= 11 is 6.10. The monoisotopic (exact) mass is 250 g/mol. The molecular weight excluding hydrogens is 232 g/mol. The average molecular weight is 251 g/mol. The van der Waals surface area contributed by atoms with Crippen LogP contribution in [0.25, 0.3) is 0 Å². The van der Waals surface area contributed by atoms with Gasteiger partial charge in [-0.2, -0.15) is 5.26 Å². The molecule has 92 valence electrons. The summed E-state index contributed by atoms with van der Waals surface area (Å²) < 4.78 is 0. The van der Waals surface area contributed by atoms with E-state index in [-0.39, 0.29) is 0 Å². The molecule has 1 aromatic carbocycles. The molecule has 1 atom stereocenters. The predicted molar refractivity (Wildman–Crippen MR) is 73.4 cm³/mol. The summed E-state index contributed by atoms with van der Waals surface area (Å²) in [7, 11) is 0. The first kappa shape index (κ1) is 13.9. The van der Waals surface area contributed by atoms with E-state index in [1.807, 2.05) is 6.07 Å². The van der Waals surface area contributed by atoms with Gasteiger partial charge in [0.2, 0.25) is 0 Å². The molecule has 1 N–H and O–H groups in total. The van der Waals surface area contributed by atoms with Crippen molar-refractivity contribution in [2.75, 3.05) is 5.32 Å². The zero-order valence-corrected chi connectivity index (χ0v) is 11.2. The van der Waals surface area contributed by atoms with Crippen LogP contribution in [0.1, 0.15) is 45.1 Å². The van der Waals surface area contributed by atoms with Crippen LogP contribution in [0.15, 0.2) is 18.2 Å². The topological polar surface area (TPSA) is 35.8 Å². The Morgan fingerprint density at radius 2 is 2.18 bits per heavy atom. The molecular formula is C14H19ClN2. The first-order valence-corrected chi connectivity index (χ1v) is 6.51. The number of rotatable bonds is 6. The second-order valence-electron chi connectivity index (χ2n) is 4.35. The lowest BCUT2D eigenvalue weighted by molar-refractivity contribution is 0.615. The Hall–Kier alpha value is -1.20. The van der Waals surface area contributed by atoms with Crippen molar-refractivity contribution in [2.45, 2.75) is 45.6 Å². The summed E-state index contributed by atoms with van der Waals surface area (Å²) in [6, 6.07) is 7.84. The van der Waals surface area contributed by atoms with E-state index in [1.165, 1.54) is 19.3 Å². The van der Waals surface area contributed by atoms with Gasteiger partial charge in [0.15, 0.2) is 0 Å². The van der Waals surface area contributed by atoms with E-state index in [4.69, 9.17) is 16.9 Å². The fraction of sp³-hybridized carbons (Fsp3) is 0.500. The van der Waals surface area contributed by atoms with Gasteiger partial charge in [-0.25, -0.2) is 0 Å². The zero-order valence-electron chi connectivity index (χ0n) is 10.5. The smallest absolute Gasteiger partial charge is 0.0992 e. The molecule has 17 heavy (non-hydrogen) atoms. The van der Waals surface area contributed by atoms with Crippen molar-refractivity contribution < 1.29 is 0 Å². The Morgan fingerprint density at radius 3 is 2.76 bits per heavy atom. The van der Waals surface area contributed by atoms with Crippen molar-refractivity contribution in [1.29, 1.82) is 5.26 Å². The van der Waals surface area contributed by atoms with Gasteiger partial charge >= 0.3 is 0 Å². The van der Waals surface area contributed by atoms with Gasteiger partial charge < -0.3 is 5.32 Å². The molecule has 0 saturated heterocycles. The maximum Gasteiger partial charge on any atom is 0.0992 e. The summed E-state index contributed by atoms with van der Waals surface area (Å²) in [6.07, 6.45) is 4.89. The van der Waals surface area contributed by atoms with Crippen molar-refractivity contribution in [3.05, 3.63) is 28.8 Å². The van der Waals surface area contributed by atoms with Gasteiger partial charge in [-0.1, -0.05) is 37.8 Å². The highest BCUT2D eigenvalue weighted by molar-refractivity contribution is 6.33. The van der Waals surface area contributed by atoms with Crippen LogP contribution in [0, 0.1) is 11.3 Å². The summed E-state index contributed by atoms with van der Waals surface area (Å²) in [5, 5.41) is 12.7. The second kappa shape index (κ2) is 7.19. The van der Waals surface area contributed by atoms with E-state index >= 15 is 0 Å². The van der Waals surface area contributed by atoms with Crippen LogP contribution in [0.5, 0.6) is 0 Å². The second-order valence-corrected chi connectivity index (χ2v) is 4.75. The van der Waals surface area contributed by atoms with E-state index in [0.717, 1.165) is 12.1 Å². The largest absolute Gasteiger partial charge is 0.381 e. The molecule has 0 bridgehead atoms. The highest BCUT2D eigenvalue weighted by Gasteiger charge is 2.05. The number of nitriles is 1. The minimum absolute atomic E-state index is 0.409. The molecule has 0 saturated carbocycles. The molecule has 0 aliphatic rings. The molecule has 1 rings (SSSR count). The summed E-state index contributed by atoms with van der Waals surface area (Å²) in [6.45, 7) is 4.36. The molecule has 0 radical (unpaired) electrons. The summed E-state index contributed by atoms with van der Waals surface area (Å²) in [5.41, 5.74) is 1.51. The number of anilines is 1. The van der Waals surface area contributed by atoms with Gasteiger partial charge in [0.1, 0.15) is 0 Å². The predicted octanol–water partition coefficient (Wildman–Crippen LogP) is 4.59. The number of halogens is 1.